The Hall–Kier alpha value is -3.21. The first kappa shape index (κ1) is 17.6. The number of ether oxygens (including phenoxy) is 1. The highest BCUT2D eigenvalue weighted by Crippen LogP contribution is 2.16. The minimum Gasteiger partial charge on any atom is -0.458 e. The molecule has 3 rings (SSSR count). The molecule has 5 nitrogen and oxygen atoms in total. The minimum atomic E-state index is -0.543. The lowest BCUT2D eigenvalue weighted by Gasteiger charge is -2.12. The number of benzene rings is 2. The van der Waals surface area contributed by atoms with Gasteiger partial charge in [-0.25, -0.2) is 9.48 Å². The molecule has 0 saturated heterocycles. The van der Waals surface area contributed by atoms with Gasteiger partial charge in [0, 0.05) is 0 Å². The first-order valence-corrected chi connectivity index (χ1v) is 8.47. The van der Waals surface area contributed by atoms with Crippen LogP contribution in [0.1, 0.15) is 29.9 Å². The van der Waals surface area contributed by atoms with Crippen LogP contribution >= 0.6 is 0 Å². The first-order valence-electron chi connectivity index (χ1n) is 8.47. The normalized spacial score (nSPS) is 10.7. The quantitative estimate of drug-likeness (QED) is 0.662. The number of carbonyl (C=O) groups is 1. The van der Waals surface area contributed by atoms with Gasteiger partial charge in [-0.05, 0) is 31.0 Å². The SMILES string of the molecule is CC(C)OC(=O)c1cc(-c2ccccc2)c(=O)n(Cc2ccccc2)n1. The molecule has 1 heterocycles. The lowest BCUT2D eigenvalue weighted by Crippen LogP contribution is -2.28. The van der Waals surface area contributed by atoms with E-state index < -0.39 is 5.97 Å². The molecule has 3 aromatic rings. The van der Waals surface area contributed by atoms with Crippen LogP contribution in [0.15, 0.2) is 71.5 Å². The van der Waals surface area contributed by atoms with Crippen molar-refractivity contribution in [1.82, 2.24) is 9.78 Å². The van der Waals surface area contributed by atoms with E-state index in [9.17, 15) is 9.59 Å². The van der Waals surface area contributed by atoms with Crippen molar-refractivity contribution in [2.24, 2.45) is 0 Å². The predicted octanol–water partition coefficient (Wildman–Crippen LogP) is 3.52. The number of esters is 1. The van der Waals surface area contributed by atoms with Gasteiger partial charge >= 0.3 is 5.97 Å². The van der Waals surface area contributed by atoms with Gasteiger partial charge in [0.15, 0.2) is 5.69 Å². The van der Waals surface area contributed by atoms with Crippen molar-refractivity contribution in [2.75, 3.05) is 0 Å². The van der Waals surface area contributed by atoms with Crippen molar-refractivity contribution in [3.05, 3.63) is 88.3 Å². The Bertz CT molecular complexity index is 948. The largest absolute Gasteiger partial charge is 0.458 e. The van der Waals surface area contributed by atoms with E-state index in [2.05, 4.69) is 5.10 Å². The van der Waals surface area contributed by atoms with Gasteiger partial charge in [0.25, 0.3) is 5.56 Å². The maximum Gasteiger partial charge on any atom is 0.359 e. The molecule has 0 radical (unpaired) electrons. The number of hydrogen-bond acceptors (Lipinski definition) is 4. The van der Waals surface area contributed by atoms with Gasteiger partial charge in [0.05, 0.1) is 18.2 Å². The van der Waals surface area contributed by atoms with Crippen LogP contribution in [-0.2, 0) is 11.3 Å². The van der Waals surface area contributed by atoms with Gasteiger partial charge in [-0.3, -0.25) is 4.79 Å². The molecule has 1 aromatic heterocycles. The Morgan fingerprint density at radius 1 is 1.04 bits per heavy atom. The standard InChI is InChI=1S/C21H20N2O3/c1-15(2)26-21(25)19-13-18(17-11-7-4-8-12-17)20(24)23(22-19)14-16-9-5-3-6-10-16/h3-13,15H,14H2,1-2H3. The Balaban J connectivity index is 2.10. The molecule has 0 spiro atoms. The summed E-state index contributed by atoms with van der Waals surface area (Å²) in [5.74, 6) is -0.543. The molecule has 0 unspecified atom stereocenters. The molecule has 0 N–H and O–H groups in total. The Kier molecular flexibility index (Phi) is 5.27. The minimum absolute atomic E-state index is 0.119. The summed E-state index contributed by atoms with van der Waals surface area (Å²) in [5, 5.41) is 4.24. The number of aromatic nitrogens is 2. The monoisotopic (exact) mass is 348 g/mol. The fraction of sp³-hybridized carbons (Fsp3) is 0.190. The third kappa shape index (κ3) is 4.06. The number of rotatable bonds is 5. The molecule has 0 aliphatic rings. The Morgan fingerprint density at radius 3 is 2.27 bits per heavy atom. The summed E-state index contributed by atoms with van der Waals surface area (Å²) >= 11 is 0. The zero-order valence-electron chi connectivity index (χ0n) is 14.8. The zero-order valence-corrected chi connectivity index (χ0v) is 14.8. The summed E-state index contributed by atoms with van der Waals surface area (Å²) in [4.78, 5) is 25.3. The molecule has 0 atom stereocenters. The van der Waals surface area contributed by atoms with Gasteiger partial charge in [-0.1, -0.05) is 60.7 Å². The van der Waals surface area contributed by atoms with E-state index in [0.717, 1.165) is 11.1 Å². The van der Waals surface area contributed by atoms with Crippen LogP contribution in [-0.4, -0.2) is 21.9 Å². The Labute approximate surface area is 151 Å². The maximum absolute atomic E-state index is 12.9. The summed E-state index contributed by atoms with van der Waals surface area (Å²) in [6.07, 6.45) is -0.265. The molecule has 2 aromatic carbocycles. The van der Waals surface area contributed by atoms with Crippen LogP contribution in [0.25, 0.3) is 11.1 Å². The number of nitrogens with zero attached hydrogens (tertiary/aromatic N) is 2. The summed E-state index contributed by atoms with van der Waals surface area (Å²) in [6.45, 7) is 3.83. The van der Waals surface area contributed by atoms with Crippen LogP contribution in [0.3, 0.4) is 0 Å². The lowest BCUT2D eigenvalue weighted by atomic mass is 10.1. The van der Waals surface area contributed by atoms with Gasteiger partial charge in [0.1, 0.15) is 0 Å². The van der Waals surface area contributed by atoms with Crippen LogP contribution in [0.2, 0.25) is 0 Å². The Morgan fingerprint density at radius 2 is 1.65 bits per heavy atom. The number of hydrogen-bond donors (Lipinski definition) is 0. The van der Waals surface area contributed by atoms with E-state index in [1.807, 2.05) is 60.7 Å². The molecule has 0 aliphatic carbocycles. The smallest absolute Gasteiger partial charge is 0.359 e. The molecule has 0 bridgehead atoms. The van der Waals surface area contributed by atoms with Crippen LogP contribution in [0, 0.1) is 0 Å². The van der Waals surface area contributed by atoms with Gasteiger partial charge in [-0.2, -0.15) is 5.10 Å². The van der Waals surface area contributed by atoms with Crippen LogP contribution in [0.4, 0.5) is 0 Å². The highest BCUT2D eigenvalue weighted by Gasteiger charge is 2.17. The van der Waals surface area contributed by atoms with Crippen LogP contribution < -0.4 is 5.56 Å². The van der Waals surface area contributed by atoms with Crippen molar-refractivity contribution >= 4 is 5.97 Å². The summed E-state index contributed by atoms with van der Waals surface area (Å²) in [6, 6.07) is 20.3. The molecule has 26 heavy (non-hydrogen) atoms. The van der Waals surface area contributed by atoms with E-state index in [0.29, 0.717) is 5.56 Å². The molecule has 5 heteroatoms. The molecular weight excluding hydrogens is 328 g/mol. The third-order valence-electron chi connectivity index (χ3n) is 3.79. The van der Waals surface area contributed by atoms with E-state index in [-0.39, 0.29) is 23.9 Å². The lowest BCUT2D eigenvalue weighted by molar-refractivity contribution is 0.0368. The molecule has 0 saturated carbocycles. The van der Waals surface area contributed by atoms with Crippen molar-refractivity contribution in [2.45, 2.75) is 26.5 Å². The van der Waals surface area contributed by atoms with E-state index in [4.69, 9.17) is 4.74 Å². The van der Waals surface area contributed by atoms with Crippen molar-refractivity contribution < 1.29 is 9.53 Å². The van der Waals surface area contributed by atoms with E-state index >= 15 is 0 Å². The second-order valence-electron chi connectivity index (χ2n) is 6.21. The topological polar surface area (TPSA) is 61.2 Å². The fourth-order valence-corrected chi connectivity index (χ4v) is 2.60. The zero-order chi connectivity index (χ0) is 18.5. The predicted molar refractivity (Wildman–Crippen MR) is 100 cm³/mol. The molecule has 0 fully saturated rings. The second-order valence-corrected chi connectivity index (χ2v) is 6.21. The third-order valence-corrected chi connectivity index (χ3v) is 3.79. The van der Waals surface area contributed by atoms with Gasteiger partial charge in [-0.15, -0.1) is 0 Å². The second kappa shape index (κ2) is 7.78. The van der Waals surface area contributed by atoms with Crippen molar-refractivity contribution in [3.8, 4) is 11.1 Å². The molecule has 0 amide bonds. The van der Waals surface area contributed by atoms with Crippen molar-refractivity contribution in [1.29, 1.82) is 0 Å². The highest BCUT2D eigenvalue weighted by molar-refractivity contribution is 5.88. The van der Waals surface area contributed by atoms with Gasteiger partial charge in [0.2, 0.25) is 0 Å². The summed E-state index contributed by atoms with van der Waals surface area (Å²) in [7, 11) is 0. The van der Waals surface area contributed by atoms with Crippen molar-refractivity contribution in [3.63, 3.8) is 0 Å². The summed E-state index contributed by atoms with van der Waals surface area (Å²) in [5.41, 5.74) is 1.96. The highest BCUT2D eigenvalue weighted by atomic mass is 16.5. The molecule has 0 aliphatic heterocycles. The molecular formula is C21H20N2O3. The van der Waals surface area contributed by atoms with Gasteiger partial charge < -0.3 is 4.74 Å². The summed E-state index contributed by atoms with van der Waals surface area (Å²) < 4.78 is 6.57. The maximum atomic E-state index is 12.9. The molecule has 132 valence electrons. The average Bonchev–Trinajstić information content (AvgIpc) is 2.64. The van der Waals surface area contributed by atoms with Crippen LogP contribution in [0.5, 0.6) is 0 Å². The number of carbonyl (C=O) groups excluding carboxylic acids is 1. The van der Waals surface area contributed by atoms with E-state index in [1.54, 1.807) is 13.8 Å². The van der Waals surface area contributed by atoms with E-state index in [1.165, 1.54) is 10.7 Å². The first-order chi connectivity index (χ1) is 12.5. The average molecular weight is 348 g/mol. The fourth-order valence-electron chi connectivity index (χ4n) is 2.60.